The van der Waals surface area contributed by atoms with Crippen LogP contribution in [0.4, 0.5) is 0 Å². The normalized spacial score (nSPS) is 12.5. The van der Waals surface area contributed by atoms with Gasteiger partial charge in [0.15, 0.2) is 9.84 Å². The van der Waals surface area contributed by atoms with E-state index in [-0.39, 0.29) is 12.4 Å². The van der Waals surface area contributed by atoms with E-state index in [1.165, 1.54) is 0 Å². The highest BCUT2D eigenvalue weighted by atomic mass is 35.5. The predicted molar refractivity (Wildman–Crippen MR) is 70.5 cm³/mol. The predicted octanol–water partition coefficient (Wildman–Crippen LogP) is 2.93. The molecule has 1 rings (SSSR count). The first-order chi connectivity index (χ1) is 7.72. The maximum Gasteiger partial charge on any atom is 0.158 e. The third kappa shape index (κ3) is 4.21. The zero-order chi connectivity index (χ0) is 13.1. The Morgan fingerprint density at radius 2 is 1.94 bits per heavy atom. The van der Waals surface area contributed by atoms with Gasteiger partial charge in [0, 0.05) is 5.02 Å². The molecule has 0 saturated heterocycles. The van der Waals surface area contributed by atoms with Crippen LogP contribution in [0.15, 0.2) is 24.3 Å². The molecule has 0 aliphatic heterocycles. The van der Waals surface area contributed by atoms with Crippen molar-refractivity contribution in [3.63, 3.8) is 0 Å². The minimum absolute atomic E-state index is 0.00299. The van der Waals surface area contributed by atoms with Gasteiger partial charge in [-0.25, -0.2) is 8.42 Å². The van der Waals surface area contributed by atoms with Gasteiger partial charge < -0.3 is 4.74 Å². The Balaban J connectivity index is 2.55. The van der Waals surface area contributed by atoms with Gasteiger partial charge in [-0.15, -0.1) is 0 Å². The van der Waals surface area contributed by atoms with Crippen molar-refractivity contribution in [2.45, 2.75) is 25.5 Å². The van der Waals surface area contributed by atoms with E-state index in [0.717, 1.165) is 0 Å². The number of hydrogen-bond donors (Lipinski definition) is 0. The molecule has 0 aromatic heterocycles. The quantitative estimate of drug-likeness (QED) is 0.849. The summed E-state index contributed by atoms with van der Waals surface area (Å²) in [6.45, 7) is 5.19. The van der Waals surface area contributed by atoms with Gasteiger partial charge in [-0.2, -0.15) is 0 Å². The third-order valence-corrected chi connectivity index (χ3v) is 5.16. The van der Waals surface area contributed by atoms with Crippen molar-refractivity contribution in [3.8, 4) is 5.75 Å². The smallest absolute Gasteiger partial charge is 0.158 e. The van der Waals surface area contributed by atoms with Crippen molar-refractivity contribution in [2.24, 2.45) is 0 Å². The summed E-state index contributed by atoms with van der Waals surface area (Å²) < 4.78 is 28.2. The van der Waals surface area contributed by atoms with Gasteiger partial charge in [-0.3, -0.25) is 0 Å². The topological polar surface area (TPSA) is 43.4 Å². The van der Waals surface area contributed by atoms with Crippen molar-refractivity contribution < 1.29 is 13.2 Å². The molecule has 0 heterocycles. The van der Waals surface area contributed by atoms with Crippen molar-refractivity contribution in [1.29, 1.82) is 0 Å². The third-order valence-electron chi connectivity index (χ3n) is 2.35. The number of benzene rings is 1. The highest BCUT2D eigenvalue weighted by molar-refractivity contribution is 7.92. The fourth-order valence-electron chi connectivity index (χ4n) is 1.13. The van der Waals surface area contributed by atoms with E-state index in [9.17, 15) is 8.42 Å². The zero-order valence-electron chi connectivity index (χ0n) is 10.2. The SMILES string of the molecule is CC(C)(C)S(=O)(=O)CCOc1cccc(Cl)c1. The molecule has 1 aromatic rings. The standard InChI is InChI=1S/C12H17ClO3S/c1-12(2,3)17(14,15)8-7-16-11-6-4-5-10(13)9-11/h4-6,9H,7-8H2,1-3H3. The molecule has 0 fully saturated rings. The Hall–Kier alpha value is -0.740. The lowest BCUT2D eigenvalue weighted by Crippen LogP contribution is -2.32. The summed E-state index contributed by atoms with van der Waals surface area (Å²) in [5.41, 5.74) is 0. The fraction of sp³-hybridized carbons (Fsp3) is 0.500. The lowest BCUT2D eigenvalue weighted by Gasteiger charge is -2.19. The van der Waals surface area contributed by atoms with Gasteiger partial charge in [-0.1, -0.05) is 17.7 Å². The summed E-state index contributed by atoms with van der Waals surface area (Å²) in [5, 5.41) is 0.571. The van der Waals surface area contributed by atoms with Crippen molar-refractivity contribution in [3.05, 3.63) is 29.3 Å². The van der Waals surface area contributed by atoms with Crippen molar-refractivity contribution >= 4 is 21.4 Å². The minimum Gasteiger partial charge on any atom is -0.492 e. The second-order valence-corrected chi connectivity index (χ2v) is 8.04. The van der Waals surface area contributed by atoms with E-state index < -0.39 is 14.6 Å². The molecule has 96 valence electrons. The summed E-state index contributed by atoms with van der Waals surface area (Å²) in [7, 11) is -3.14. The Kier molecular flexibility index (Phi) is 4.44. The highest BCUT2D eigenvalue weighted by Crippen LogP contribution is 2.19. The minimum atomic E-state index is -3.14. The molecule has 17 heavy (non-hydrogen) atoms. The van der Waals surface area contributed by atoms with Crippen LogP contribution in [0.2, 0.25) is 5.02 Å². The van der Waals surface area contributed by atoms with Gasteiger partial charge in [-0.05, 0) is 39.0 Å². The second kappa shape index (κ2) is 5.27. The molecule has 0 spiro atoms. The molecule has 0 saturated carbocycles. The number of ether oxygens (including phenoxy) is 1. The molecule has 0 atom stereocenters. The van der Waals surface area contributed by atoms with Crippen LogP contribution in [0.3, 0.4) is 0 Å². The van der Waals surface area contributed by atoms with E-state index in [1.807, 2.05) is 0 Å². The Morgan fingerprint density at radius 1 is 1.29 bits per heavy atom. The second-order valence-electron chi connectivity index (χ2n) is 4.74. The first-order valence-electron chi connectivity index (χ1n) is 5.33. The summed E-state index contributed by atoms with van der Waals surface area (Å²) >= 11 is 5.79. The summed E-state index contributed by atoms with van der Waals surface area (Å²) in [4.78, 5) is 0. The number of hydrogen-bond acceptors (Lipinski definition) is 3. The molecule has 1 aromatic carbocycles. The molecule has 0 aliphatic carbocycles. The average Bonchev–Trinajstić information content (AvgIpc) is 2.15. The number of sulfone groups is 1. The average molecular weight is 277 g/mol. The maximum absolute atomic E-state index is 11.8. The van der Waals surface area contributed by atoms with Crippen LogP contribution >= 0.6 is 11.6 Å². The summed E-state index contributed by atoms with van der Waals surface area (Å²) in [6.07, 6.45) is 0. The van der Waals surface area contributed by atoms with Crippen molar-refractivity contribution in [2.75, 3.05) is 12.4 Å². The van der Waals surface area contributed by atoms with Gasteiger partial charge in [0.2, 0.25) is 0 Å². The van der Waals surface area contributed by atoms with Crippen molar-refractivity contribution in [1.82, 2.24) is 0 Å². The van der Waals surface area contributed by atoms with Crippen LogP contribution in [0.25, 0.3) is 0 Å². The highest BCUT2D eigenvalue weighted by Gasteiger charge is 2.28. The lowest BCUT2D eigenvalue weighted by molar-refractivity contribution is 0.340. The van der Waals surface area contributed by atoms with Gasteiger partial charge in [0.05, 0.1) is 10.5 Å². The van der Waals surface area contributed by atoms with E-state index in [0.29, 0.717) is 10.8 Å². The van der Waals surface area contributed by atoms with Crippen LogP contribution in [0.1, 0.15) is 20.8 Å². The molecule has 5 heteroatoms. The Bertz CT molecular complexity index is 475. The maximum atomic E-state index is 11.8. The van der Waals surface area contributed by atoms with Crippen LogP contribution in [0.5, 0.6) is 5.75 Å². The molecule has 0 radical (unpaired) electrons. The van der Waals surface area contributed by atoms with Crippen LogP contribution < -0.4 is 4.74 Å². The van der Waals surface area contributed by atoms with E-state index in [2.05, 4.69) is 0 Å². The van der Waals surface area contributed by atoms with Gasteiger partial charge in [0.1, 0.15) is 12.4 Å². The number of halogens is 1. The number of rotatable bonds is 4. The van der Waals surface area contributed by atoms with Gasteiger partial charge >= 0.3 is 0 Å². The largest absolute Gasteiger partial charge is 0.492 e. The Labute approximate surface area is 108 Å². The molecule has 0 bridgehead atoms. The van der Waals surface area contributed by atoms with Gasteiger partial charge in [0.25, 0.3) is 0 Å². The van der Waals surface area contributed by atoms with E-state index in [1.54, 1.807) is 45.0 Å². The first-order valence-corrected chi connectivity index (χ1v) is 7.36. The van der Waals surface area contributed by atoms with Crippen LogP contribution in [-0.2, 0) is 9.84 Å². The Morgan fingerprint density at radius 3 is 2.47 bits per heavy atom. The summed E-state index contributed by atoms with van der Waals surface area (Å²) in [5.74, 6) is 0.588. The zero-order valence-corrected chi connectivity index (χ0v) is 11.8. The van der Waals surface area contributed by atoms with E-state index >= 15 is 0 Å². The molecule has 0 aliphatic rings. The summed E-state index contributed by atoms with van der Waals surface area (Å²) in [6, 6.07) is 6.90. The molecule has 3 nitrogen and oxygen atoms in total. The molecule has 0 unspecified atom stereocenters. The monoisotopic (exact) mass is 276 g/mol. The first kappa shape index (κ1) is 14.3. The fourth-order valence-corrected chi connectivity index (χ4v) is 2.23. The molecular weight excluding hydrogens is 260 g/mol. The molecule has 0 amide bonds. The van der Waals surface area contributed by atoms with Crippen LogP contribution in [-0.4, -0.2) is 25.5 Å². The lowest BCUT2D eigenvalue weighted by atomic mass is 10.3. The molecular formula is C12H17ClO3S. The molecule has 0 N–H and O–H groups in total. The van der Waals surface area contributed by atoms with E-state index in [4.69, 9.17) is 16.3 Å². The van der Waals surface area contributed by atoms with Crippen LogP contribution in [0, 0.1) is 0 Å².